The van der Waals surface area contributed by atoms with E-state index in [1.807, 2.05) is 56.6 Å². The maximum atomic E-state index is 11.7. The van der Waals surface area contributed by atoms with Crippen LogP contribution in [0.4, 0.5) is 0 Å². The van der Waals surface area contributed by atoms with E-state index in [0.717, 1.165) is 42.0 Å². The maximum absolute atomic E-state index is 11.7. The predicted octanol–water partition coefficient (Wildman–Crippen LogP) is 10.6. The van der Waals surface area contributed by atoms with Crippen molar-refractivity contribution >= 4 is 79.7 Å². The molecule has 0 atom stereocenters. The zero-order chi connectivity index (χ0) is 27.5. The fourth-order valence-electron chi connectivity index (χ4n) is 5.31. The molecule has 3 aromatic carbocycles. The second-order valence-electron chi connectivity index (χ2n) is 9.96. The van der Waals surface area contributed by atoms with Crippen molar-refractivity contribution in [2.45, 2.75) is 53.4 Å². The predicted molar refractivity (Wildman–Crippen MR) is 170 cm³/mol. The van der Waals surface area contributed by atoms with E-state index in [9.17, 15) is 9.90 Å². The fourth-order valence-corrected chi connectivity index (χ4v) is 7.63. The van der Waals surface area contributed by atoms with Crippen LogP contribution in [-0.2, 0) is 24.9 Å². The number of carbonyl (C=O) groups is 1. The Labute approximate surface area is 257 Å². The van der Waals surface area contributed by atoms with Crippen LogP contribution >= 0.6 is 22.7 Å². The van der Waals surface area contributed by atoms with Crippen LogP contribution in [-0.4, -0.2) is 15.9 Å². The molecule has 209 valence electrons. The summed E-state index contributed by atoms with van der Waals surface area (Å²) in [7, 11) is 0. The summed E-state index contributed by atoms with van der Waals surface area (Å²) >= 11 is 3.69. The molecular weight excluding hydrogens is 711 g/mol. The Kier molecular flexibility index (Phi) is 10.1. The van der Waals surface area contributed by atoms with Crippen molar-refractivity contribution in [3.05, 3.63) is 78.7 Å². The number of benzene rings is 3. The number of allylic oxidation sites excluding steroid dienone is 2. The number of hydrogen-bond acceptors (Lipinski definition) is 5. The van der Waals surface area contributed by atoms with Gasteiger partial charge in [-0.25, -0.2) is 0 Å². The summed E-state index contributed by atoms with van der Waals surface area (Å²) < 4.78 is 5.19. The zero-order valence-corrected chi connectivity index (χ0v) is 27.3. The Morgan fingerprint density at radius 2 is 1.48 bits per heavy atom. The minimum atomic E-state index is 0. The first-order valence-corrected chi connectivity index (χ1v) is 15.5. The normalized spacial score (nSPS) is 12.0. The van der Waals surface area contributed by atoms with Gasteiger partial charge in [0.1, 0.15) is 0 Å². The van der Waals surface area contributed by atoms with Crippen molar-refractivity contribution in [2.75, 3.05) is 0 Å². The molecular formula is C34H34IrNO2S2-. The van der Waals surface area contributed by atoms with Gasteiger partial charge in [0.05, 0.1) is 5.76 Å². The first-order valence-electron chi connectivity index (χ1n) is 13.9. The topological polar surface area (TPSA) is 50.2 Å². The minimum absolute atomic E-state index is 0. The second kappa shape index (κ2) is 13.4. The Morgan fingerprint density at radius 3 is 2.15 bits per heavy atom. The Morgan fingerprint density at radius 1 is 0.850 bits per heavy atom. The number of carbonyl (C=O) groups excluding carboxylic acids is 1. The van der Waals surface area contributed by atoms with Gasteiger partial charge in [0.2, 0.25) is 0 Å². The standard InChI is InChI=1S/C21H10NS2.C13H24O2.Ir/c1-2-5-13-11-18-14(10-12(13)4-1)21-20-17(8-9-22-21)23-15-6-3-7-16(24-18)19(15)20;1-5-10(6-2)12(14)9-13(15)11(7-3)8-4;/h1-9,11H;9-11,14H,5-8H2,1-4H3;/q-1;;/b;12-9-;. The molecule has 3 nitrogen and oxygen atoms in total. The summed E-state index contributed by atoms with van der Waals surface area (Å²) in [5.74, 6) is 0.547. The number of ketones is 1. The van der Waals surface area contributed by atoms with Crippen molar-refractivity contribution in [1.29, 1.82) is 0 Å². The average molecular weight is 745 g/mol. The molecule has 0 saturated carbocycles. The molecule has 0 spiro atoms. The minimum Gasteiger partial charge on any atom is -0.512 e. The number of aliphatic hydroxyl groups excluding tert-OH is 1. The molecule has 0 bridgehead atoms. The number of hydrogen-bond donors (Lipinski definition) is 1. The molecule has 0 saturated heterocycles. The van der Waals surface area contributed by atoms with E-state index in [2.05, 4.69) is 60.7 Å². The van der Waals surface area contributed by atoms with E-state index < -0.39 is 0 Å². The smallest absolute Gasteiger partial charge is 0.162 e. The van der Waals surface area contributed by atoms with E-state index in [1.165, 1.54) is 41.0 Å². The van der Waals surface area contributed by atoms with Crippen molar-refractivity contribution in [2.24, 2.45) is 11.8 Å². The number of aliphatic hydroxyl groups is 1. The van der Waals surface area contributed by atoms with Gasteiger partial charge in [-0.15, -0.1) is 34.9 Å². The molecule has 6 heteroatoms. The van der Waals surface area contributed by atoms with Crippen LogP contribution < -0.4 is 0 Å². The van der Waals surface area contributed by atoms with Crippen molar-refractivity contribution < 1.29 is 30.0 Å². The molecule has 0 unspecified atom stereocenters. The molecule has 0 aliphatic heterocycles. The van der Waals surface area contributed by atoms with Crippen LogP contribution in [0.1, 0.15) is 53.4 Å². The molecule has 0 aliphatic rings. The summed E-state index contributed by atoms with van der Waals surface area (Å²) in [6.45, 7) is 8.07. The molecule has 40 heavy (non-hydrogen) atoms. The van der Waals surface area contributed by atoms with Crippen molar-refractivity contribution in [3.8, 4) is 0 Å². The van der Waals surface area contributed by atoms with Crippen LogP contribution in [0.2, 0.25) is 0 Å². The Hall–Kier alpha value is -2.63. The number of fused-ring (bicyclic) bond motifs is 3. The number of thiophene rings is 1. The van der Waals surface area contributed by atoms with Gasteiger partial charge in [0.25, 0.3) is 0 Å². The maximum Gasteiger partial charge on any atom is 0.162 e. The van der Waals surface area contributed by atoms with Crippen LogP contribution in [0.25, 0.3) is 51.2 Å². The molecule has 6 aromatic rings. The second-order valence-corrected chi connectivity index (χ2v) is 12.1. The van der Waals surface area contributed by atoms with Gasteiger partial charge in [-0.05, 0) is 54.0 Å². The van der Waals surface area contributed by atoms with E-state index in [1.54, 1.807) is 0 Å². The average Bonchev–Trinajstić information content (AvgIpc) is 3.27. The van der Waals surface area contributed by atoms with Gasteiger partial charge < -0.3 is 5.11 Å². The molecule has 3 aromatic heterocycles. The summed E-state index contributed by atoms with van der Waals surface area (Å²) in [5.41, 5.74) is 1.07. The monoisotopic (exact) mass is 745 g/mol. The van der Waals surface area contributed by atoms with Gasteiger partial charge in [-0.1, -0.05) is 62.7 Å². The molecule has 3 heterocycles. The van der Waals surface area contributed by atoms with Crippen molar-refractivity contribution in [3.63, 3.8) is 0 Å². The fraction of sp³-hybridized carbons (Fsp3) is 0.294. The SMILES string of the molecule is CCC(CC)C(=O)/C=C(\O)C(CC)CC.[Ir].[c-]1c2ccccc2cc2sc3cccc4sc5ccnc(c12)c5c34. The van der Waals surface area contributed by atoms with Gasteiger partial charge in [-0.2, -0.15) is 11.3 Å². The van der Waals surface area contributed by atoms with Gasteiger partial charge >= 0.3 is 0 Å². The summed E-state index contributed by atoms with van der Waals surface area (Å²) in [5, 5.41) is 15.9. The molecule has 0 amide bonds. The number of pyridine rings is 1. The van der Waals surface area contributed by atoms with Crippen LogP contribution in [0.15, 0.2) is 72.6 Å². The van der Waals surface area contributed by atoms with Crippen molar-refractivity contribution in [1.82, 2.24) is 4.98 Å². The molecule has 1 N–H and O–H groups in total. The summed E-state index contributed by atoms with van der Waals surface area (Å²) in [6.07, 6.45) is 6.83. The van der Waals surface area contributed by atoms with Gasteiger partial charge in [-0.3, -0.25) is 9.78 Å². The first kappa shape index (κ1) is 30.3. The summed E-state index contributed by atoms with van der Waals surface area (Å²) in [6, 6.07) is 23.1. The molecule has 0 fully saturated rings. The third-order valence-electron chi connectivity index (χ3n) is 7.66. The van der Waals surface area contributed by atoms with Crippen LogP contribution in [0.3, 0.4) is 0 Å². The largest absolute Gasteiger partial charge is 0.512 e. The van der Waals surface area contributed by atoms with E-state index >= 15 is 0 Å². The quantitative estimate of drug-likeness (QED) is 0.101. The number of rotatable bonds is 7. The Balaban J connectivity index is 0.000000204. The molecule has 1 radical (unpaired) electrons. The molecule has 0 aliphatic carbocycles. The summed E-state index contributed by atoms with van der Waals surface area (Å²) in [4.78, 5) is 16.5. The third-order valence-corrected chi connectivity index (χ3v) is 9.89. The van der Waals surface area contributed by atoms with Gasteiger partial charge in [0, 0.05) is 69.2 Å². The van der Waals surface area contributed by atoms with Gasteiger partial charge in [0.15, 0.2) is 5.78 Å². The van der Waals surface area contributed by atoms with E-state index in [4.69, 9.17) is 4.98 Å². The van der Waals surface area contributed by atoms with E-state index in [0.29, 0.717) is 0 Å². The number of nitrogens with zero attached hydrogens (tertiary/aromatic N) is 1. The van der Waals surface area contributed by atoms with Crippen LogP contribution in [0, 0.1) is 17.9 Å². The Bertz CT molecular complexity index is 1810. The molecule has 6 rings (SSSR count). The first-order chi connectivity index (χ1) is 19.0. The van der Waals surface area contributed by atoms with Crippen LogP contribution in [0.5, 0.6) is 0 Å². The zero-order valence-electron chi connectivity index (χ0n) is 23.3. The third kappa shape index (κ3) is 5.87. The number of aromatic nitrogens is 1. The van der Waals surface area contributed by atoms with E-state index in [-0.39, 0.29) is 43.5 Å².